The molecule has 0 fully saturated rings. The van der Waals surface area contributed by atoms with E-state index in [9.17, 15) is 0 Å². The molecule has 2 aromatic rings. The van der Waals surface area contributed by atoms with E-state index >= 15 is 0 Å². The van der Waals surface area contributed by atoms with Crippen molar-refractivity contribution in [2.45, 2.75) is 12.5 Å². The van der Waals surface area contributed by atoms with Crippen molar-refractivity contribution in [1.82, 2.24) is 0 Å². The highest BCUT2D eigenvalue weighted by atomic mass is 16.6. The fourth-order valence-electron chi connectivity index (χ4n) is 2.34. The molecule has 1 heterocycles. The van der Waals surface area contributed by atoms with Crippen LogP contribution in [0.2, 0.25) is 0 Å². The summed E-state index contributed by atoms with van der Waals surface area (Å²) in [5, 5.41) is 0. The monoisotopic (exact) mass is 256 g/mol. The average molecular weight is 256 g/mol. The third-order valence-corrected chi connectivity index (χ3v) is 3.36. The summed E-state index contributed by atoms with van der Waals surface area (Å²) in [5.74, 6) is 1.69. The van der Waals surface area contributed by atoms with Crippen LogP contribution < -0.4 is 15.2 Å². The maximum absolute atomic E-state index is 5.61. The highest BCUT2D eigenvalue weighted by Gasteiger charge is 2.15. The molecule has 1 atom stereocenters. The summed E-state index contributed by atoms with van der Waals surface area (Å²) >= 11 is 0. The van der Waals surface area contributed by atoms with Gasteiger partial charge >= 0.3 is 0 Å². The van der Waals surface area contributed by atoms with Gasteiger partial charge in [0.15, 0.2) is 11.5 Å². The summed E-state index contributed by atoms with van der Waals surface area (Å²) in [7, 11) is 0. The van der Waals surface area contributed by atoms with Crippen molar-refractivity contribution in [3.63, 3.8) is 0 Å². The SMILES string of the molecule is [NH3+][C@@H](Cc1ccc2c(c1)OCCO2)c1ccccc1. The minimum atomic E-state index is 0.253. The first-order chi connectivity index (χ1) is 9.33. The van der Waals surface area contributed by atoms with Gasteiger partial charge in [-0.1, -0.05) is 36.4 Å². The Hall–Kier alpha value is -2.00. The van der Waals surface area contributed by atoms with Crippen LogP contribution in [0, 0.1) is 0 Å². The fourth-order valence-corrected chi connectivity index (χ4v) is 2.34. The van der Waals surface area contributed by atoms with Crippen molar-refractivity contribution >= 4 is 0 Å². The van der Waals surface area contributed by atoms with Gasteiger partial charge in [-0.15, -0.1) is 0 Å². The Morgan fingerprint density at radius 3 is 2.47 bits per heavy atom. The van der Waals surface area contributed by atoms with E-state index in [-0.39, 0.29) is 6.04 Å². The molecule has 0 radical (unpaired) electrons. The van der Waals surface area contributed by atoms with Crippen molar-refractivity contribution in [3.05, 3.63) is 59.7 Å². The minimum Gasteiger partial charge on any atom is -0.486 e. The molecule has 3 rings (SSSR count). The summed E-state index contributed by atoms with van der Waals surface area (Å²) in [5.41, 5.74) is 6.73. The molecule has 0 amide bonds. The molecule has 1 aliphatic heterocycles. The van der Waals surface area contributed by atoms with Crippen LogP contribution in [0.5, 0.6) is 11.5 Å². The summed E-state index contributed by atoms with van der Waals surface area (Å²) in [6.07, 6.45) is 0.903. The lowest BCUT2D eigenvalue weighted by molar-refractivity contribution is -0.426. The predicted octanol–water partition coefficient (Wildman–Crippen LogP) is 1.98. The minimum absolute atomic E-state index is 0.253. The van der Waals surface area contributed by atoms with Crippen LogP contribution in [0.25, 0.3) is 0 Å². The molecular weight excluding hydrogens is 238 g/mol. The van der Waals surface area contributed by atoms with E-state index < -0.39 is 0 Å². The zero-order valence-electron chi connectivity index (χ0n) is 10.8. The lowest BCUT2D eigenvalue weighted by Gasteiger charge is -2.19. The number of fused-ring (bicyclic) bond motifs is 1. The number of quaternary nitrogens is 1. The second-order valence-electron chi connectivity index (χ2n) is 4.79. The van der Waals surface area contributed by atoms with Gasteiger partial charge in [0.1, 0.15) is 19.3 Å². The molecule has 0 saturated carbocycles. The molecule has 3 nitrogen and oxygen atoms in total. The quantitative estimate of drug-likeness (QED) is 0.912. The first-order valence-electron chi connectivity index (χ1n) is 6.59. The first kappa shape index (κ1) is 12.1. The molecule has 98 valence electrons. The van der Waals surface area contributed by atoms with Crippen LogP contribution >= 0.6 is 0 Å². The zero-order chi connectivity index (χ0) is 13.1. The molecule has 2 aromatic carbocycles. The van der Waals surface area contributed by atoms with Crippen LogP contribution in [-0.4, -0.2) is 13.2 Å². The summed E-state index contributed by atoms with van der Waals surface area (Å²) in [6.45, 7) is 1.26. The summed E-state index contributed by atoms with van der Waals surface area (Å²) in [4.78, 5) is 0. The van der Waals surface area contributed by atoms with E-state index in [1.807, 2.05) is 12.1 Å². The smallest absolute Gasteiger partial charge is 0.161 e. The number of hydrogen-bond acceptors (Lipinski definition) is 2. The Kier molecular flexibility index (Phi) is 3.38. The first-order valence-corrected chi connectivity index (χ1v) is 6.59. The second-order valence-corrected chi connectivity index (χ2v) is 4.79. The van der Waals surface area contributed by atoms with Crippen molar-refractivity contribution in [2.75, 3.05) is 13.2 Å². The molecule has 1 aliphatic rings. The van der Waals surface area contributed by atoms with Gasteiger partial charge < -0.3 is 15.2 Å². The molecule has 3 heteroatoms. The van der Waals surface area contributed by atoms with Crippen LogP contribution in [0.4, 0.5) is 0 Å². The van der Waals surface area contributed by atoms with E-state index in [0.29, 0.717) is 13.2 Å². The molecule has 0 aromatic heterocycles. The van der Waals surface area contributed by atoms with E-state index in [2.05, 4.69) is 42.1 Å². The molecule has 0 bridgehead atoms. The van der Waals surface area contributed by atoms with Crippen molar-refractivity contribution in [2.24, 2.45) is 0 Å². The van der Waals surface area contributed by atoms with Gasteiger partial charge in [-0.05, 0) is 17.7 Å². The van der Waals surface area contributed by atoms with E-state index in [4.69, 9.17) is 9.47 Å². The average Bonchev–Trinajstić information content (AvgIpc) is 2.48. The van der Waals surface area contributed by atoms with Gasteiger partial charge in [0, 0.05) is 12.0 Å². The van der Waals surface area contributed by atoms with Crippen LogP contribution in [-0.2, 0) is 6.42 Å². The largest absolute Gasteiger partial charge is 0.486 e. The molecule has 3 N–H and O–H groups in total. The Morgan fingerprint density at radius 1 is 0.947 bits per heavy atom. The molecular formula is C16H18NO2+. The Morgan fingerprint density at radius 2 is 1.68 bits per heavy atom. The van der Waals surface area contributed by atoms with E-state index in [1.54, 1.807) is 0 Å². The number of benzene rings is 2. The third-order valence-electron chi connectivity index (χ3n) is 3.36. The zero-order valence-corrected chi connectivity index (χ0v) is 10.8. The van der Waals surface area contributed by atoms with Crippen LogP contribution in [0.15, 0.2) is 48.5 Å². The molecule has 0 aliphatic carbocycles. The van der Waals surface area contributed by atoms with Gasteiger partial charge in [-0.25, -0.2) is 0 Å². The highest BCUT2D eigenvalue weighted by Crippen LogP contribution is 2.31. The van der Waals surface area contributed by atoms with E-state index in [1.165, 1.54) is 11.1 Å². The lowest BCUT2D eigenvalue weighted by atomic mass is 9.99. The normalized spacial score (nSPS) is 15.0. The standard InChI is InChI=1S/C16H17NO2/c17-14(13-4-2-1-3-5-13)10-12-6-7-15-16(11-12)19-9-8-18-15/h1-7,11,14H,8-10,17H2/p+1/t14-/m0/s1. The topological polar surface area (TPSA) is 46.1 Å². The van der Waals surface area contributed by atoms with Gasteiger partial charge in [0.25, 0.3) is 0 Å². The van der Waals surface area contributed by atoms with Crippen molar-refractivity contribution in [3.8, 4) is 11.5 Å². The maximum Gasteiger partial charge on any atom is 0.161 e. The third kappa shape index (κ3) is 2.71. The highest BCUT2D eigenvalue weighted by molar-refractivity contribution is 5.44. The Labute approximate surface area is 113 Å². The van der Waals surface area contributed by atoms with Gasteiger partial charge in [-0.3, -0.25) is 0 Å². The molecule has 0 saturated heterocycles. The van der Waals surface area contributed by atoms with Crippen LogP contribution in [0.3, 0.4) is 0 Å². The summed E-state index contributed by atoms with van der Waals surface area (Å²) < 4.78 is 11.1. The maximum atomic E-state index is 5.61. The molecule has 0 spiro atoms. The van der Waals surface area contributed by atoms with Crippen molar-refractivity contribution < 1.29 is 15.2 Å². The molecule has 19 heavy (non-hydrogen) atoms. The Balaban J connectivity index is 1.76. The fraction of sp³-hybridized carbons (Fsp3) is 0.250. The molecule has 0 unspecified atom stereocenters. The number of hydrogen-bond donors (Lipinski definition) is 1. The van der Waals surface area contributed by atoms with Crippen LogP contribution in [0.1, 0.15) is 17.2 Å². The lowest BCUT2D eigenvalue weighted by Crippen LogP contribution is -2.54. The van der Waals surface area contributed by atoms with Gasteiger partial charge in [-0.2, -0.15) is 0 Å². The second kappa shape index (κ2) is 5.33. The van der Waals surface area contributed by atoms with Gasteiger partial charge in [0.2, 0.25) is 0 Å². The van der Waals surface area contributed by atoms with Crippen molar-refractivity contribution in [1.29, 1.82) is 0 Å². The van der Waals surface area contributed by atoms with E-state index in [0.717, 1.165) is 17.9 Å². The predicted molar refractivity (Wildman–Crippen MR) is 73.2 cm³/mol. The number of ether oxygens (including phenoxy) is 2. The summed E-state index contributed by atoms with van der Waals surface area (Å²) in [6, 6.07) is 16.8. The van der Waals surface area contributed by atoms with Gasteiger partial charge in [0.05, 0.1) is 0 Å². The number of rotatable bonds is 3. The Bertz CT molecular complexity index is 554.